The molecule has 3 aromatic carbocycles. The van der Waals surface area contributed by atoms with Crippen molar-refractivity contribution in [1.82, 2.24) is 10.2 Å². The number of fused-ring (bicyclic) bond motifs is 1. The Balaban J connectivity index is 1.78. The minimum absolute atomic E-state index is 0.0490. The number of hydrogen-bond donors (Lipinski definition) is 1. The number of nitrogens with zero attached hydrogens (tertiary/aromatic N) is 1. The number of benzene rings is 3. The van der Waals surface area contributed by atoms with E-state index >= 15 is 0 Å². The van der Waals surface area contributed by atoms with Crippen molar-refractivity contribution in [2.75, 3.05) is 6.54 Å². The molecule has 0 bridgehead atoms. The fraction of sp³-hybridized carbons (Fsp3) is 0.308. The van der Waals surface area contributed by atoms with Gasteiger partial charge in [-0.25, -0.2) is 0 Å². The molecule has 1 atom stereocenters. The van der Waals surface area contributed by atoms with Crippen molar-refractivity contribution in [2.24, 2.45) is 0 Å². The summed E-state index contributed by atoms with van der Waals surface area (Å²) in [5.41, 5.74) is 2.04. The largest absolute Gasteiger partial charge is 0.354 e. The Hall–Kier alpha value is -2.85. The lowest BCUT2D eigenvalue weighted by Crippen LogP contribution is -2.47. The van der Waals surface area contributed by atoms with Gasteiger partial charge in [0, 0.05) is 24.5 Å². The van der Waals surface area contributed by atoms with Gasteiger partial charge >= 0.3 is 0 Å². The molecule has 0 heterocycles. The summed E-state index contributed by atoms with van der Waals surface area (Å²) in [6.07, 6.45) is 1.80. The number of nitrogens with one attached hydrogen (secondary N) is 1. The van der Waals surface area contributed by atoms with Gasteiger partial charge in [-0.2, -0.15) is 0 Å². The molecule has 5 heteroatoms. The van der Waals surface area contributed by atoms with Crippen LogP contribution in [0, 0.1) is 0 Å². The van der Waals surface area contributed by atoms with E-state index in [1.165, 1.54) is 0 Å². The van der Waals surface area contributed by atoms with Crippen LogP contribution < -0.4 is 5.32 Å². The Bertz CT molecular complexity index is 1050. The SMILES string of the molecule is CCCNC(=O)C(C)N(Cc1cccc(Cl)c1)C(=O)CCc1cccc2ccccc12. The van der Waals surface area contributed by atoms with Crippen LogP contribution in [-0.2, 0) is 22.6 Å². The van der Waals surface area contributed by atoms with E-state index in [0.717, 1.165) is 28.3 Å². The molecule has 0 aliphatic carbocycles. The number of hydrogen-bond acceptors (Lipinski definition) is 2. The first-order valence-electron chi connectivity index (χ1n) is 10.8. The van der Waals surface area contributed by atoms with Gasteiger partial charge < -0.3 is 10.2 Å². The van der Waals surface area contributed by atoms with Crippen LogP contribution in [0.3, 0.4) is 0 Å². The van der Waals surface area contributed by atoms with Crippen LogP contribution in [0.25, 0.3) is 10.8 Å². The Kier molecular flexibility index (Phi) is 8.07. The van der Waals surface area contributed by atoms with Crippen LogP contribution in [0.5, 0.6) is 0 Å². The molecule has 0 aromatic heterocycles. The van der Waals surface area contributed by atoms with Crippen molar-refractivity contribution in [1.29, 1.82) is 0 Å². The third kappa shape index (κ3) is 6.08. The molecule has 0 saturated carbocycles. The average molecular weight is 437 g/mol. The van der Waals surface area contributed by atoms with E-state index in [2.05, 4.69) is 29.6 Å². The highest BCUT2D eigenvalue weighted by Crippen LogP contribution is 2.21. The van der Waals surface area contributed by atoms with Crippen LogP contribution in [0.4, 0.5) is 0 Å². The maximum atomic E-state index is 13.3. The molecular formula is C26H29ClN2O2. The molecule has 0 spiro atoms. The molecule has 4 nitrogen and oxygen atoms in total. The predicted octanol–water partition coefficient (Wildman–Crippen LogP) is 5.37. The second-order valence-corrected chi connectivity index (χ2v) is 8.19. The fourth-order valence-corrected chi connectivity index (χ4v) is 3.92. The Morgan fingerprint density at radius 2 is 1.77 bits per heavy atom. The van der Waals surface area contributed by atoms with E-state index in [9.17, 15) is 9.59 Å². The van der Waals surface area contributed by atoms with Crippen molar-refractivity contribution >= 4 is 34.2 Å². The molecule has 0 saturated heterocycles. The lowest BCUT2D eigenvalue weighted by atomic mass is 10.0. The standard InChI is InChI=1S/C26H29ClN2O2/c1-3-16-28-26(31)19(2)29(18-20-8-6-12-23(27)17-20)25(30)15-14-22-11-7-10-21-9-4-5-13-24(21)22/h4-13,17,19H,3,14-16,18H2,1-2H3,(H,28,31). The zero-order chi connectivity index (χ0) is 22.2. The first kappa shape index (κ1) is 22.8. The normalized spacial score (nSPS) is 11.8. The summed E-state index contributed by atoms with van der Waals surface area (Å²) in [5.74, 6) is -0.186. The van der Waals surface area contributed by atoms with Gasteiger partial charge in [0.25, 0.3) is 0 Å². The van der Waals surface area contributed by atoms with Crippen molar-refractivity contribution in [3.63, 3.8) is 0 Å². The van der Waals surface area contributed by atoms with Crippen molar-refractivity contribution < 1.29 is 9.59 Å². The monoisotopic (exact) mass is 436 g/mol. The van der Waals surface area contributed by atoms with Crippen molar-refractivity contribution in [3.05, 3.63) is 82.9 Å². The highest BCUT2D eigenvalue weighted by atomic mass is 35.5. The molecular weight excluding hydrogens is 408 g/mol. The molecule has 2 amide bonds. The quantitative estimate of drug-likeness (QED) is 0.490. The van der Waals surface area contributed by atoms with Gasteiger partial charge in [-0.1, -0.05) is 73.1 Å². The second-order valence-electron chi connectivity index (χ2n) is 7.76. The molecule has 1 N–H and O–H groups in total. The molecule has 1 unspecified atom stereocenters. The zero-order valence-corrected chi connectivity index (χ0v) is 18.9. The van der Waals surface area contributed by atoms with Crippen LogP contribution in [-0.4, -0.2) is 29.3 Å². The molecule has 0 radical (unpaired) electrons. The minimum atomic E-state index is -0.564. The molecule has 0 aliphatic rings. The van der Waals surface area contributed by atoms with Gasteiger partial charge in [-0.3, -0.25) is 9.59 Å². The number of halogens is 1. The predicted molar refractivity (Wildman–Crippen MR) is 127 cm³/mol. The van der Waals surface area contributed by atoms with E-state index in [0.29, 0.717) is 31.0 Å². The third-order valence-corrected chi connectivity index (χ3v) is 5.68. The summed E-state index contributed by atoms with van der Waals surface area (Å²) in [7, 11) is 0. The maximum absolute atomic E-state index is 13.3. The topological polar surface area (TPSA) is 49.4 Å². The highest BCUT2D eigenvalue weighted by Gasteiger charge is 2.25. The molecule has 31 heavy (non-hydrogen) atoms. The Morgan fingerprint density at radius 1 is 1.03 bits per heavy atom. The molecule has 3 rings (SSSR count). The van der Waals surface area contributed by atoms with Crippen LogP contribution in [0.1, 0.15) is 37.8 Å². The van der Waals surface area contributed by atoms with E-state index in [1.807, 2.05) is 43.3 Å². The molecule has 0 fully saturated rings. The van der Waals surface area contributed by atoms with Gasteiger partial charge in [0.05, 0.1) is 0 Å². The van der Waals surface area contributed by atoms with Crippen LogP contribution in [0.15, 0.2) is 66.7 Å². The third-order valence-electron chi connectivity index (χ3n) is 5.45. The maximum Gasteiger partial charge on any atom is 0.242 e. The van der Waals surface area contributed by atoms with E-state index in [4.69, 9.17) is 11.6 Å². The van der Waals surface area contributed by atoms with Gasteiger partial charge in [0.15, 0.2) is 0 Å². The van der Waals surface area contributed by atoms with E-state index in [1.54, 1.807) is 17.9 Å². The number of rotatable bonds is 9. The summed E-state index contributed by atoms with van der Waals surface area (Å²) in [5, 5.41) is 5.84. The summed E-state index contributed by atoms with van der Waals surface area (Å²) < 4.78 is 0. The van der Waals surface area contributed by atoms with Gasteiger partial charge in [0.1, 0.15) is 6.04 Å². The number of amides is 2. The fourth-order valence-electron chi connectivity index (χ4n) is 3.71. The van der Waals surface area contributed by atoms with E-state index in [-0.39, 0.29) is 11.8 Å². The van der Waals surface area contributed by atoms with Gasteiger partial charge in [-0.05, 0) is 53.8 Å². The van der Waals surface area contributed by atoms with Crippen molar-refractivity contribution in [2.45, 2.75) is 45.7 Å². The minimum Gasteiger partial charge on any atom is -0.354 e. The zero-order valence-electron chi connectivity index (χ0n) is 18.1. The van der Waals surface area contributed by atoms with Crippen LogP contribution in [0.2, 0.25) is 5.02 Å². The van der Waals surface area contributed by atoms with E-state index < -0.39 is 6.04 Å². The Morgan fingerprint density at radius 3 is 2.55 bits per heavy atom. The molecule has 0 aliphatic heterocycles. The first-order chi connectivity index (χ1) is 15.0. The number of aryl methyl sites for hydroxylation is 1. The summed E-state index contributed by atoms with van der Waals surface area (Å²) in [6.45, 7) is 4.73. The smallest absolute Gasteiger partial charge is 0.242 e. The lowest BCUT2D eigenvalue weighted by Gasteiger charge is -2.29. The molecule has 162 valence electrons. The second kappa shape index (κ2) is 11.0. The van der Waals surface area contributed by atoms with Gasteiger partial charge in [0.2, 0.25) is 11.8 Å². The summed E-state index contributed by atoms with van der Waals surface area (Å²) in [4.78, 5) is 27.6. The first-order valence-corrected chi connectivity index (χ1v) is 11.2. The summed E-state index contributed by atoms with van der Waals surface area (Å²) in [6, 6.07) is 21.2. The Labute approximate surface area is 189 Å². The summed E-state index contributed by atoms with van der Waals surface area (Å²) >= 11 is 6.13. The van der Waals surface area contributed by atoms with Gasteiger partial charge in [-0.15, -0.1) is 0 Å². The average Bonchev–Trinajstić information content (AvgIpc) is 2.79. The van der Waals surface area contributed by atoms with Crippen molar-refractivity contribution in [3.8, 4) is 0 Å². The number of carbonyl (C=O) groups is 2. The lowest BCUT2D eigenvalue weighted by molar-refractivity contribution is -0.140. The molecule has 3 aromatic rings. The highest BCUT2D eigenvalue weighted by molar-refractivity contribution is 6.30. The van der Waals surface area contributed by atoms with Crippen LogP contribution >= 0.6 is 11.6 Å². The number of carbonyl (C=O) groups excluding carboxylic acids is 2.